The van der Waals surface area contributed by atoms with Gasteiger partial charge in [-0.3, -0.25) is 0 Å². The van der Waals surface area contributed by atoms with Crippen molar-refractivity contribution < 1.29 is 4.79 Å². The lowest BCUT2D eigenvalue weighted by Crippen LogP contribution is -2.17. The maximum atomic E-state index is 11.5. The molecule has 0 aliphatic rings. The molecule has 16 heavy (non-hydrogen) atoms. The third kappa shape index (κ3) is 7.46. The van der Waals surface area contributed by atoms with E-state index in [-0.39, 0.29) is 0 Å². The highest BCUT2D eigenvalue weighted by atomic mass is 28.3. The normalized spacial score (nSPS) is 9.31. The molecule has 0 aliphatic carbocycles. The summed E-state index contributed by atoms with van der Waals surface area (Å²) in [4.78, 5) is 11.5. The highest BCUT2D eigenvalue weighted by Gasteiger charge is 2.06. The fourth-order valence-electron chi connectivity index (χ4n) is 1.26. The Bertz CT molecular complexity index is 285. The Morgan fingerprint density at radius 1 is 1.19 bits per heavy atom. The average molecular weight is 233 g/mol. The first-order valence-electron chi connectivity index (χ1n) is 6.07. The maximum absolute atomic E-state index is 11.5. The van der Waals surface area contributed by atoms with E-state index in [1.54, 1.807) is 0 Å². The molecule has 1 aromatic rings. The Morgan fingerprint density at radius 2 is 1.75 bits per heavy atom. The smallest absolute Gasteiger partial charge is 0.129 e. The number of ketones is 1. The van der Waals surface area contributed by atoms with Crippen molar-refractivity contribution in [2.75, 3.05) is 0 Å². The van der Waals surface area contributed by atoms with Crippen LogP contribution in [0.4, 0.5) is 0 Å². The molecule has 1 radical (unpaired) electrons. The molecule has 0 bridgehead atoms. The molecule has 0 atom stereocenters. The molecule has 1 aromatic carbocycles. The lowest BCUT2D eigenvalue weighted by atomic mass is 9.94. The van der Waals surface area contributed by atoms with E-state index in [1.165, 1.54) is 0 Å². The van der Waals surface area contributed by atoms with Crippen LogP contribution in [-0.2, 0) is 11.2 Å². The molecule has 0 N–H and O–H groups in total. The summed E-state index contributed by atoms with van der Waals surface area (Å²) < 4.78 is 0. The average Bonchev–Trinajstić information content (AvgIpc) is 2.30. The molecule has 0 aromatic heterocycles. The summed E-state index contributed by atoms with van der Waals surface area (Å²) in [6, 6.07) is 9.93. The number of carbonyl (C=O) groups is 1. The van der Waals surface area contributed by atoms with Gasteiger partial charge in [-0.25, -0.2) is 0 Å². The van der Waals surface area contributed by atoms with Gasteiger partial charge in [-0.05, 0) is 20.6 Å². The van der Waals surface area contributed by atoms with Gasteiger partial charge in [0, 0.05) is 6.42 Å². The van der Waals surface area contributed by atoms with E-state index in [0.717, 1.165) is 5.56 Å². The first-order valence-corrected chi connectivity index (χ1v) is 9.05. The predicted molar refractivity (Wildman–Crippen MR) is 75.9 cm³/mol. The van der Waals surface area contributed by atoms with Gasteiger partial charge in [-0.15, -0.1) is 0 Å². The summed E-state index contributed by atoms with van der Waals surface area (Å²) >= 11 is 0. The molecule has 0 amide bonds. The summed E-state index contributed by atoms with van der Waals surface area (Å²) in [6.07, 6.45) is 1.23. The van der Waals surface area contributed by atoms with E-state index in [1.807, 2.05) is 44.2 Å². The van der Waals surface area contributed by atoms with Crippen LogP contribution >= 0.6 is 0 Å². The second-order valence-corrected chi connectivity index (χ2v) is 6.84. The van der Waals surface area contributed by atoms with Crippen LogP contribution in [0.5, 0.6) is 0 Å². The topological polar surface area (TPSA) is 17.1 Å². The maximum Gasteiger partial charge on any atom is 0.129 e. The molecule has 0 unspecified atom stereocenters. The van der Waals surface area contributed by atoms with Gasteiger partial charge in [0.25, 0.3) is 0 Å². The van der Waals surface area contributed by atoms with Crippen LogP contribution in [0.1, 0.15) is 19.4 Å². The van der Waals surface area contributed by atoms with Crippen molar-refractivity contribution in [3.8, 4) is 0 Å². The minimum Gasteiger partial charge on any atom is -0.300 e. The number of rotatable bonds is 5. The standard InChI is InChI=1S/C11H16BOSi.C2H6/c1-14(2)12-9-11(13)8-10-6-4-3-5-7-10;1-2/h3-7,14H,8-9H2,1-2H3;1-2H3. The number of hydrogen-bond donors (Lipinski definition) is 0. The first-order chi connectivity index (χ1) is 7.68. The van der Waals surface area contributed by atoms with Gasteiger partial charge in [0.05, 0.1) is 0 Å². The zero-order valence-corrected chi connectivity index (χ0v) is 12.0. The van der Waals surface area contributed by atoms with E-state index in [2.05, 4.69) is 20.0 Å². The van der Waals surface area contributed by atoms with Crippen LogP contribution in [0.25, 0.3) is 0 Å². The van der Waals surface area contributed by atoms with Crippen LogP contribution in [-0.4, -0.2) is 21.3 Å². The molecule has 0 fully saturated rings. The minimum absolute atomic E-state index is 0.331. The Labute approximate surface area is 102 Å². The summed E-state index contributed by atoms with van der Waals surface area (Å²) in [7, 11) is -0.680. The molecule has 3 heteroatoms. The van der Waals surface area contributed by atoms with Crippen LogP contribution in [0.3, 0.4) is 0 Å². The molecule has 1 nitrogen and oxygen atoms in total. The zero-order chi connectivity index (χ0) is 12.4. The Hall–Kier alpha value is -0.828. The highest BCUT2D eigenvalue weighted by Crippen LogP contribution is 2.02. The summed E-state index contributed by atoms with van der Waals surface area (Å²) in [6.45, 7) is 10.7. The third-order valence-corrected chi connectivity index (χ3v) is 3.24. The summed E-state index contributed by atoms with van der Waals surface area (Å²) in [5, 5.41) is 0. The number of carbonyl (C=O) groups excluding carboxylic acids is 1. The monoisotopic (exact) mass is 233 g/mol. The zero-order valence-electron chi connectivity index (χ0n) is 10.9. The lowest BCUT2D eigenvalue weighted by Gasteiger charge is -2.01. The molecular weight excluding hydrogens is 211 g/mol. The Kier molecular flexibility index (Phi) is 8.91. The lowest BCUT2D eigenvalue weighted by molar-refractivity contribution is -0.116. The highest BCUT2D eigenvalue weighted by molar-refractivity contribution is 7.12. The van der Waals surface area contributed by atoms with E-state index in [0.29, 0.717) is 18.5 Å². The van der Waals surface area contributed by atoms with Crippen molar-refractivity contribution in [2.24, 2.45) is 0 Å². The SMILES string of the molecule is CC.C[SiH](C)[B]CC(=O)Cc1ccccc1. The van der Waals surface area contributed by atoms with E-state index < -0.39 is 8.67 Å². The molecule has 0 saturated heterocycles. The van der Waals surface area contributed by atoms with Crippen molar-refractivity contribution in [1.29, 1.82) is 0 Å². The predicted octanol–water partition coefficient (Wildman–Crippen LogP) is 2.93. The van der Waals surface area contributed by atoms with Crippen LogP contribution < -0.4 is 0 Å². The molecule has 1 rings (SSSR count). The summed E-state index contributed by atoms with van der Waals surface area (Å²) in [5.41, 5.74) is 1.12. The fourth-order valence-corrected chi connectivity index (χ4v) is 2.00. The van der Waals surface area contributed by atoms with E-state index in [9.17, 15) is 4.79 Å². The van der Waals surface area contributed by atoms with Crippen molar-refractivity contribution in [3.05, 3.63) is 35.9 Å². The number of benzene rings is 1. The molecule has 0 heterocycles. The van der Waals surface area contributed by atoms with Crippen molar-refractivity contribution in [3.63, 3.8) is 0 Å². The van der Waals surface area contributed by atoms with Crippen LogP contribution in [0.2, 0.25) is 19.4 Å². The number of hydrogen-bond acceptors (Lipinski definition) is 1. The van der Waals surface area contributed by atoms with Gasteiger partial charge in [0.2, 0.25) is 0 Å². The summed E-state index contributed by atoms with van der Waals surface area (Å²) in [5.74, 6) is 0.331. The third-order valence-electron chi connectivity index (χ3n) is 2.06. The molecular formula is C13H22BOSi. The van der Waals surface area contributed by atoms with Crippen molar-refractivity contribution >= 4 is 21.3 Å². The van der Waals surface area contributed by atoms with E-state index in [4.69, 9.17) is 0 Å². The van der Waals surface area contributed by atoms with Crippen molar-refractivity contribution in [1.82, 2.24) is 0 Å². The molecule has 0 saturated carbocycles. The van der Waals surface area contributed by atoms with Crippen LogP contribution in [0.15, 0.2) is 30.3 Å². The Morgan fingerprint density at radius 3 is 2.25 bits per heavy atom. The van der Waals surface area contributed by atoms with Gasteiger partial charge in [-0.1, -0.05) is 57.3 Å². The van der Waals surface area contributed by atoms with Gasteiger partial charge < -0.3 is 4.79 Å². The number of Topliss-reactive ketones (excluding diaryl/α,β-unsaturated/α-hetero) is 1. The quantitative estimate of drug-likeness (QED) is 0.714. The molecule has 87 valence electrons. The Balaban J connectivity index is 0.00000106. The fraction of sp³-hybridized carbons (Fsp3) is 0.462. The van der Waals surface area contributed by atoms with Gasteiger partial charge in [0.15, 0.2) is 0 Å². The van der Waals surface area contributed by atoms with E-state index >= 15 is 0 Å². The molecule has 0 spiro atoms. The minimum atomic E-state index is -0.680. The molecule has 0 aliphatic heterocycles. The first kappa shape index (κ1) is 15.2. The van der Waals surface area contributed by atoms with Crippen LogP contribution in [0, 0.1) is 0 Å². The van der Waals surface area contributed by atoms with Gasteiger partial charge in [0.1, 0.15) is 12.7 Å². The second-order valence-electron chi connectivity index (χ2n) is 3.88. The van der Waals surface area contributed by atoms with Crippen molar-refractivity contribution in [2.45, 2.75) is 39.7 Å². The second kappa shape index (κ2) is 9.40. The van der Waals surface area contributed by atoms with Gasteiger partial charge in [-0.2, -0.15) is 0 Å². The largest absolute Gasteiger partial charge is 0.300 e. The van der Waals surface area contributed by atoms with Gasteiger partial charge >= 0.3 is 0 Å².